The van der Waals surface area contributed by atoms with E-state index < -0.39 is 0 Å². The third-order valence-electron chi connectivity index (χ3n) is 3.34. The van der Waals surface area contributed by atoms with Crippen LogP contribution in [0.4, 0.5) is 5.69 Å². The fourth-order valence-electron chi connectivity index (χ4n) is 2.34. The van der Waals surface area contributed by atoms with Gasteiger partial charge in [0.05, 0.1) is 11.6 Å². The molecule has 3 heteroatoms. The van der Waals surface area contributed by atoms with Crippen LogP contribution < -0.4 is 5.32 Å². The van der Waals surface area contributed by atoms with E-state index >= 15 is 0 Å². The smallest absolute Gasteiger partial charge is 0.0991 e. The minimum Gasteiger partial charge on any atom is -0.381 e. The fraction of sp³-hybridized carbons (Fsp3) is 0.500. The quantitative estimate of drug-likeness (QED) is 0.865. The first-order valence-corrected chi connectivity index (χ1v) is 6.31. The zero-order valence-corrected chi connectivity index (χ0v) is 10.3. The van der Waals surface area contributed by atoms with E-state index in [-0.39, 0.29) is 0 Å². The van der Waals surface area contributed by atoms with Crippen molar-refractivity contribution in [2.45, 2.75) is 25.8 Å². The lowest BCUT2D eigenvalue weighted by Crippen LogP contribution is -2.41. The third kappa shape index (κ3) is 3.21. The molecule has 1 N–H and O–H groups in total. The van der Waals surface area contributed by atoms with E-state index in [9.17, 15) is 0 Å². The molecule has 0 aliphatic carbocycles. The summed E-state index contributed by atoms with van der Waals surface area (Å²) in [5.41, 5.74) is 1.83. The molecular weight excluding hydrogens is 210 g/mol. The van der Waals surface area contributed by atoms with Crippen molar-refractivity contribution in [3.63, 3.8) is 0 Å². The van der Waals surface area contributed by atoms with Gasteiger partial charge in [0, 0.05) is 18.3 Å². The maximum absolute atomic E-state index is 8.74. The zero-order chi connectivity index (χ0) is 12.1. The predicted molar refractivity (Wildman–Crippen MR) is 69.9 cm³/mol. The second-order valence-corrected chi connectivity index (χ2v) is 4.57. The lowest BCUT2D eigenvalue weighted by Gasteiger charge is -2.32. The highest BCUT2D eigenvalue weighted by Gasteiger charge is 2.18. The Balaban J connectivity index is 1.93. The number of likely N-dealkylation sites (N-methyl/N-ethyl adjacent to an activating group) is 1. The lowest BCUT2D eigenvalue weighted by molar-refractivity contribution is 0.227. The summed E-state index contributed by atoms with van der Waals surface area (Å²) in [5, 5.41) is 12.3. The molecule has 0 aromatic heterocycles. The molecule has 2 rings (SSSR count). The summed E-state index contributed by atoms with van der Waals surface area (Å²) in [5.74, 6) is 0. The van der Waals surface area contributed by atoms with Crippen molar-refractivity contribution >= 4 is 5.69 Å². The van der Waals surface area contributed by atoms with Crippen molar-refractivity contribution in [3.05, 3.63) is 29.8 Å². The summed E-state index contributed by atoms with van der Waals surface area (Å²) in [7, 11) is 0. The van der Waals surface area contributed by atoms with Crippen molar-refractivity contribution < 1.29 is 0 Å². The van der Waals surface area contributed by atoms with E-state index in [1.54, 1.807) is 0 Å². The van der Waals surface area contributed by atoms with Gasteiger partial charge in [-0.3, -0.25) is 0 Å². The molecule has 0 radical (unpaired) electrons. The van der Waals surface area contributed by atoms with Crippen LogP contribution in [-0.2, 0) is 0 Å². The molecule has 1 aromatic rings. The number of hydrogen-bond donors (Lipinski definition) is 1. The van der Waals surface area contributed by atoms with Crippen molar-refractivity contribution in [1.29, 1.82) is 5.26 Å². The van der Waals surface area contributed by atoms with Gasteiger partial charge in [0.1, 0.15) is 0 Å². The van der Waals surface area contributed by atoms with Gasteiger partial charge in [-0.05, 0) is 50.2 Å². The molecule has 0 amide bonds. The van der Waals surface area contributed by atoms with Crippen LogP contribution in [0.1, 0.15) is 25.3 Å². The second-order valence-electron chi connectivity index (χ2n) is 4.57. The number of nitrogens with zero attached hydrogens (tertiary/aromatic N) is 2. The molecule has 0 bridgehead atoms. The highest BCUT2D eigenvalue weighted by molar-refractivity contribution is 5.47. The SMILES string of the molecule is CCN1CCCC(Nc2ccc(C#N)cc2)C1. The largest absolute Gasteiger partial charge is 0.381 e. The molecule has 90 valence electrons. The summed E-state index contributed by atoms with van der Waals surface area (Å²) in [4.78, 5) is 2.48. The molecule has 1 atom stereocenters. The normalized spacial score (nSPS) is 20.8. The molecule has 3 nitrogen and oxygen atoms in total. The second kappa shape index (κ2) is 5.70. The van der Waals surface area contributed by atoms with Gasteiger partial charge in [0.25, 0.3) is 0 Å². The van der Waals surface area contributed by atoms with Gasteiger partial charge in [-0.2, -0.15) is 5.26 Å². The Labute approximate surface area is 103 Å². The minimum absolute atomic E-state index is 0.539. The first kappa shape index (κ1) is 11.9. The van der Waals surface area contributed by atoms with Crippen LogP contribution in [0.3, 0.4) is 0 Å². The molecule has 1 heterocycles. The first-order chi connectivity index (χ1) is 8.31. The van der Waals surface area contributed by atoms with E-state index in [2.05, 4.69) is 23.2 Å². The molecule has 1 unspecified atom stereocenters. The van der Waals surface area contributed by atoms with Gasteiger partial charge < -0.3 is 10.2 Å². The van der Waals surface area contributed by atoms with Gasteiger partial charge in [-0.15, -0.1) is 0 Å². The van der Waals surface area contributed by atoms with E-state index in [4.69, 9.17) is 5.26 Å². The number of rotatable bonds is 3. The molecule has 1 aliphatic rings. The number of benzene rings is 1. The highest BCUT2D eigenvalue weighted by Crippen LogP contribution is 2.16. The Morgan fingerprint density at radius 2 is 2.18 bits per heavy atom. The van der Waals surface area contributed by atoms with E-state index in [0.29, 0.717) is 6.04 Å². The Hall–Kier alpha value is -1.53. The van der Waals surface area contributed by atoms with Crippen LogP contribution in [0, 0.1) is 11.3 Å². The number of nitriles is 1. The van der Waals surface area contributed by atoms with Gasteiger partial charge in [0.15, 0.2) is 0 Å². The van der Waals surface area contributed by atoms with Crippen LogP contribution in [-0.4, -0.2) is 30.6 Å². The average Bonchev–Trinajstić information content (AvgIpc) is 2.40. The van der Waals surface area contributed by atoms with Crippen LogP contribution in [0.5, 0.6) is 0 Å². The Morgan fingerprint density at radius 3 is 2.82 bits per heavy atom. The maximum Gasteiger partial charge on any atom is 0.0991 e. The summed E-state index contributed by atoms with van der Waals surface area (Å²) < 4.78 is 0. The predicted octanol–water partition coefficient (Wildman–Crippen LogP) is 2.45. The summed E-state index contributed by atoms with van der Waals surface area (Å²) in [6.45, 7) is 5.69. The molecular formula is C14H19N3. The molecule has 1 saturated heterocycles. The molecule has 1 aliphatic heterocycles. The summed E-state index contributed by atoms with van der Waals surface area (Å²) in [6.07, 6.45) is 2.50. The molecule has 17 heavy (non-hydrogen) atoms. The van der Waals surface area contributed by atoms with Gasteiger partial charge >= 0.3 is 0 Å². The number of nitrogens with one attached hydrogen (secondary N) is 1. The molecule has 0 spiro atoms. The van der Waals surface area contributed by atoms with Crippen LogP contribution >= 0.6 is 0 Å². The average molecular weight is 229 g/mol. The number of likely N-dealkylation sites (tertiary alicyclic amines) is 1. The number of piperidine rings is 1. The summed E-state index contributed by atoms with van der Waals surface area (Å²) in [6, 6.07) is 10.4. The molecule has 0 saturated carbocycles. The first-order valence-electron chi connectivity index (χ1n) is 6.31. The van der Waals surface area contributed by atoms with E-state index in [1.165, 1.54) is 19.4 Å². The lowest BCUT2D eigenvalue weighted by atomic mass is 10.1. The van der Waals surface area contributed by atoms with Crippen molar-refractivity contribution in [2.24, 2.45) is 0 Å². The standard InChI is InChI=1S/C14H19N3/c1-2-17-9-3-4-14(11-17)16-13-7-5-12(10-15)6-8-13/h5-8,14,16H,2-4,9,11H2,1H3. The van der Waals surface area contributed by atoms with Crippen molar-refractivity contribution in [1.82, 2.24) is 4.90 Å². The summed E-state index contributed by atoms with van der Waals surface area (Å²) >= 11 is 0. The van der Waals surface area contributed by atoms with Gasteiger partial charge in [0.2, 0.25) is 0 Å². The molecule has 1 aromatic carbocycles. The molecule has 1 fully saturated rings. The van der Waals surface area contributed by atoms with Crippen LogP contribution in [0.15, 0.2) is 24.3 Å². The zero-order valence-electron chi connectivity index (χ0n) is 10.3. The van der Waals surface area contributed by atoms with E-state index in [0.717, 1.165) is 24.3 Å². The number of hydrogen-bond acceptors (Lipinski definition) is 3. The monoisotopic (exact) mass is 229 g/mol. The maximum atomic E-state index is 8.74. The van der Waals surface area contributed by atoms with Crippen molar-refractivity contribution in [3.8, 4) is 6.07 Å². The number of anilines is 1. The van der Waals surface area contributed by atoms with Crippen LogP contribution in [0.2, 0.25) is 0 Å². The minimum atomic E-state index is 0.539. The van der Waals surface area contributed by atoms with Crippen molar-refractivity contribution in [2.75, 3.05) is 25.0 Å². The Morgan fingerprint density at radius 1 is 1.41 bits per heavy atom. The topological polar surface area (TPSA) is 39.1 Å². The highest BCUT2D eigenvalue weighted by atomic mass is 15.2. The van der Waals surface area contributed by atoms with Crippen LogP contribution in [0.25, 0.3) is 0 Å². The fourth-order valence-corrected chi connectivity index (χ4v) is 2.34. The van der Waals surface area contributed by atoms with Gasteiger partial charge in [-0.25, -0.2) is 0 Å². The Bertz CT molecular complexity index is 391. The Kier molecular flexibility index (Phi) is 4.00. The third-order valence-corrected chi connectivity index (χ3v) is 3.34. The van der Waals surface area contributed by atoms with Gasteiger partial charge in [-0.1, -0.05) is 6.92 Å². The van der Waals surface area contributed by atoms with E-state index in [1.807, 2.05) is 24.3 Å².